The smallest absolute Gasteiger partial charge is 0.195 e. The predicted molar refractivity (Wildman–Crippen MR) is 87.0 cm³/mol. The van der Waals surface area contributed by atoms with Gasteiger partial charge >= 0.3 is 0 Å². The van der Waals surface area contributed by atoms with Crippen molar-refractivity contribution >= 4 is 27.9 Å². The Hall–Kier alpha value is -0.620. The molecule has 0 aromatic carbocycles. The van der Waals surface area contributed by atoms with Crippen LogP contribution in [0, 0.1) is 5.41 Å². The van der Waals surface area contributed by atoms with Crippen molar-refractivity contribution in [2.45, 2.75) is 45.1 Å². The van der Waals surface area contributed by atoms with Crippen molar-refractivity contribution in [1.29, 1.82) is 0 Å². The van der Waals surface area contributed by atoms with Crippen LogP contribution in [0.4, 0.5) is 0 Å². The van der Waals surface area contributed by atoms with E-state index in [1.165, 1.54) is 32.1 Å². The molecule has 2 aromatic rings. The first kappa shape index (κ1) is 15.3. The van der Waals surface area contributed by atoms with Gasteiger partial charge in [0, 0.05) is 31.3 Å². The summed E-state index contributed by atoms with van der Waals surface area (Å²) in [6, 6.07) is 0. The Balaban J connectivity index is 1.64. The third-order valence-corrected chi connectivity index (χ3v) is 5.72. The van der Waals surface area contributed by atoms with Crippen LogP contribution in [0.1, 0.15) is 44.2 Å². The second-order valence-corrected chi connectivity index (χ2v) is 7.27. The lowest BCUT2D eigenvalue weighted by Gasteiger charge is -2.37. The lowest BCUT2D eigenvalue weighted by molar-refractivity contribution is 0.126. The standard InChI is InChI=1S/C15H22ClN3OS/c16-13-12(19-7-9-21-14(19)18-13)10-17-11-15(6-8-20)4-2-1-3-5-15/h7,9,17,20H,1-6,8,10-11H2. The summed E-state index contributed by atoms with van der Waals surface area (Å²) in [4.78, 5) is 5.30. The summed E-state index contributed by atoms with van der Waals surface area (Å²) in [6.07, 6.45) is 9.24. The zero-order valence-electron chi connectivity index (χ0n) is 12.1. The average Bonchev–Trinajstić information content (AvgIpc) is 3.03. The number of nitrogens with one attached hydrogen (secondary N) is 1. The highest BCUT2D eigenvalue weighted by atomic mass is 35.5. The molecule has 1 fully saturated rings. The molecule has 1 saturated carbocycles. The van der Waals surface area contributed by atoms with Gasteiger partial charge in [0.05, 0.1) is 5.69 Å². The molecule has 2 heterocycles. The third kappa shape index (κ3) is 3.26. The zero-order chi connectivity index (χ0) is 14.7. The fourth-order valence-corrected chi connectivity index (χ4v) is 4.49. The van der Waals surface area contributed by atoms with Crippen LogP contribution in [0.5, 0.6) is 0 Å². The van der Waals surface area contributed by atoms with E-state index in [-0.39, 0.29) is 12.0 Å². The monoisotopic (exact) mass is 327 g/mol. The predicted octanol–water partition coefficient (Wildman–Crippen LogP) is 3.47. The first-order chi connectivity index (χ1) is 10.2. The summed E-state index contributed by atoms with van der Waals surface area (Å²) in [7, 11) is 0. The number of hydrogen-bond donors (Lipinski definition) is 2. The summed E-state index contributed by atoms with van der Waals surface area (Å²) in [6.45, 7) is 1.95. The van der Waals surface area contributed by atoms with E-state index in [0.717, 1.165) is 30.2 Å². The van der Waals surface area contributed by atoms with Gasteiger partial charge in [-0.1, -0.05) is 30.9 Å². The number of hydrogen-bond acceptors (Lipinski definition) is 4. The number of fused-ring (bicyclic) bond motifs is 1. The molecule has 0 aliphatic heterocycles. The highest BCUT2D eigenvalue weighted by molar-refractivity contribution is 7.15. The summed E-state index contributed by atoms with van der Waals surface area (Å²) < 4.78 is 2.06. The molecule has 0 radical (unpaired) electrons. The fraction of sp³-hybridized carbons (Fsp3) is 0.667. The van der Waals surface area contributed by atoms with Gasteiger partial charge in [-0.05, 0) is 24.7 Å². The van der Waals surface area contributed by atoms with Gasteiger partial charge in [0.15, 0.2) is 10.1 Å². The van der Waals surface area contributed by atoms with Gasteiger partial charge in [-0.2, -0.15) is 0 Å². The Labute approximate surface area is 134 Å². The fourth-order valence-electron chi connectivity index (χ4n) is 3.46. The van der Waals surface area contributed by atoms with Crippen LogP contribution in [0.15, 0.2) is 11.6 Å². The zero-order valence-corrected chi connectivity index (χ0v) is 13.7. The maximum Gasteiger partial charge on any atom is 0.195 e. The molecule has 0 atom stereocenters. The van der Waals surface area contributed by atoms with Gasteiger partial charge in [-0.15, -0.1) is 11.3 Å². The number of aliphatic hydroxyl groups is 1. The topological polar surface area (TPSA) is 49.6 Å². The molecule has 2 N–H and O–H groups in total. The number of aromatic nitrogens is 2. The number of aliphatic hydroxyl groups excluding tert-OH is 1. The van der Waals surface area contributed by atoms with Gasteiger partial charge in [0.1, 0.15) is 0 Å². The molecule has 116 valence electrons. The molecule has 0 unspecified atom stereocenters. The van der Waals surface area contributed by atoms with Crippen molar-refractivity contribution in [2.24, 2.45) is 5.41 Å². The Morgan fingerprint density at radius 2 is 2.19 bits per heavy atom. The highest BCUT2D eigenvalue weighted by Crippen LogP contribution is 2.38. The van der Waals surface area contributed by atoms with Crippen molar-refractivity contribution in [2.75, 3.05) is 13.2 Å². The van der Waals surface area contributed by atoms with E-state index in [2.05, 4.69) is 14.7 Å². The average molecular weight is 328 g/mol. The summed E-state index contributed by atoms with van der Waals surface area (Å²) in [5.74, 6) is 0. The molecule has 21 heavy (non-hydrogen) atoms. The van der Waals surface area contributed by atoms with E-state index >= 15 is 0 Å². The molecule has 3 rings (SSSR count). The van der Waals surface area contributed by atoms with Gasteiger partial charge < -0.3 is 10.4 Å². The molecule has 1 aliphatic rings. The summed E-state index contributed by atoms with van der Waals surface area (Å²) in [5, 5.41) is 15.5. The molecular weight excluding hydrogens is 306 g/mol. The quantitative estimate of drug-likeness (QED) is 0.854. The van der Waals surface area contributed by atoms with E-state index < -0.39 is 0 Å². The molecule has 4 nitrogen and oxygen atoms in total. The molecule has 0 amide bonds. The molecule has 0 bridgehead atoms. The van der Waals surface area contributed by atoms with Crippen LogP contribution in [0.25, 0.3) is 4.96 Å². The van der Waals surface area contributed by atoms with Crippen molar-refractivity contribution in [3.63, 3.8) is 0 Å². The largest absolute Gasteiger partial charge is 0.396 e. The summed E-state index contributed by atoms with van der Waals surface area (Å²) in [5.41, 5.74) is 1.29. The first-order valence-corrected chi connectivity index (χ1v) is 8.91. The van der Waals surface area contributed by atoms with Crippen molar-refractivity contribution in [3.05, 3.63) is 22.4 Å². The number of halogens is 1. The molecule has 2 aromatic heterocycles. The van der Waals surface area contributed by atoms with Gasteiger partial charge in [-0.25, -0.2) is 4.98 Å². The maximum atomic E-state index is 9.36. The second-order valence-electron chi connectivity index (χ2n) is 6.04. The minimum Gasteiger partial charge on any atom is -0.396 e. The van der Waals surface area contributed by atoms with E-state index in [4.69, 9.17) is 11.6 Å². The van der Waals surface area contributed by atoms with Gasteiger partial charge in [0.2, 0.25) is 0 Å². The van der Waals surface area contributed by atoms with Gasteiger partial charge in [-0.3, -0.25) is 4.40 Å². The molecule has 1 aliphatic carbocycles. The third-order valence-electron chi connectivity index (χ3n) is 4.66. The van der Waals surface area contributed by atoms with Gasteiger partial charge in [0.25, 0.3) is 0 Å². The van der Waals surface area contributed by atoms with Crippen LogP contribution in [-0.2, 0) is 6.54 Å². The maximum absolute atomic E-state index is 9.36. The van der Waals surface area contributed by atoms with E-state index in [9.17, 15) is 5.11 Å². The van der Waals surface area contributed by atoms with E-state index in [1.807, 2.05) is 11.6 Å². The van der Waals surface area contributed by atoms with Crippen LogP contribution in [-0.4, -0.2) is 27.6 Å². The number of thiazole rings is 1. The molecular formula is C15H22ClN3OS. The Kier molecular flexibility index (Phi) is 4.84. The van der Waals surface area contributed by atoms with E-state index in [0.29, 0.717) is 5.15 Å². The van der Waals surface area contributed by atoms with Crippen LogP contribution in [0.3, 0.4) is 0 Å². The minimum absolute atomic E-state index is 0.262. The minimum atomic E-state index is 0.262. The Morgan fingerprint density at radius 1 is 1.38 bits per heavy atom. The molecule has 0 saturated heterocycles. The van der Waals surface area contributed by atoms with E-state index in [1.54, 1.807) is 11.3 Å². The van der Waals surface area contributed by atoms with Crippen molar-refractivity contribution in [1.82, 2.24) is 14.7 Å². The normalized spacial score (nSPS) is 18.4. The Morgan fingerprint density at radius 3 is 2.95 bits per heavy atom. The number of imidazole rings is 1. The number of nitrogens with zero attached hydrogens (tertiary/aromatic N) is 2. The van der Waals surface area contributed by atoms with Crippen LogP contribution in [0.2, 0.25) is 5.15 Å². The van der Waals surface area contributed by atoms with Crippen molar-refractivity contribution in [3.8, 4) is 0 Å². The highest BCUT2D eigenvalue weighted by Gasteiger charge is 2.31. The Bertz CT molecular complexity index is 583. The number of rotatable bonds is 6. The first-order valence-electron chi connectivity index (χ1n) is 7.66. The van der Waals surface area contributed by atoms with Crippen LogP contribution >= 0.6 is 22.9 Å². The molecule has 0 spiro atoms. The second kappa shape index (κ2) is 6.65. The van der Waals surface area contributed by atoms with Crippen molar-refractivity contribution < 1.29 is 5.11 Å². The summed E-state index contributed by atoms with van der Waals surface area (Å²) >= 11 is 7.82. The van der Waals surface area contributed by atoms with Crippen LogP contribution < -0.4 is 5.32 Å². The molecule has 6 heteroatoms. The lowest BCUT2D eigenvalue weighted by Crippen LogP contribution is -2.37. The lowest BCUT2D eigenvalue weighted by atomic mass is 9.72. The SMILES string of the molecule is OCCC1(CNCc2c(Cl)nc3sccn23)CCCCC1.